The molecular formula is C19H26F6N5O8P. The summed E-state index contributed by atoms with van der Waals surface area (Å²) in [7, 11) is -4.86. The number of nitrogens with one attached hydrogen (secondary N) is 1. The summed E-state index contributed by atoms with van der Waals surface area (Å²) in [6.45, 7) is -2.12. The summed E-state index contributed by atoms with van der Waals surface area (Å²) in [5.74, 6) is 0.0631. The van der Waals surface area contributed by atoms with Gasteiger partial charge in [-0.1, -0.05) is 26.2 Å². The molecule has 0 atom stereocenters. The zero-order valence-corrected chi connectivity index (χ0v) is 21.4. The summed E-state index contributed by atoms with van der Waals surface area (Å²) in [5, 5.41) is 2.46. The van der Waals surface area contributed by atoms with Crippen molar-refractivity contribution in [3.05, 3.63) is 12.7 Å². The number of fused-ring (bicyclic) bond motifs is 1. The number of halogens is 6. The predicted octanol–water partition coefficient (Wildman–Crippen LogP) is 5.14. The van der Waals surface area contributed by atoms with Crippen molar-refractivity contribution < 1.29 is 64.3 Å². The highest BCUT2D eigenvalue weighted by Crippen LogP contribution is 2.49. The molecule has 2 aromatic rings. The highest BCUT2D eigenvalue weighted by atomic mass is 31.2. The Labute approximate surface area is 217 Å². The zero-order chi connectivity index (χ0) is 28.9. The topological polar surface area (TPSA) is 145 Å². The summed E-state index contributed by atoms with van der Waals surface area (Å²) in [6.07, 6.45) is -5.50. The molecule has 0 unspecified atom stereocenters. The van der Waals surface area contributed by atoms with Gasteiger partial charge in [0, 0.05) is 6.54 Å². The number of aromatic nitrogens is 4. The molecule has 0 aliphatic rings. The molecule has 0 aliphatic heterocycles. The van der Waals surface area contributed by atoms with Crippen LogP contribution >= 0.6 is 7.60 Å². The van der Waals surface area contributed by atoms with Crippen molar-refractivity contribution in [1.29, 1.82) is 0 Å². The zero-order valence-electron chi connectivity index (χ0n) is 20.5. The molecule has 0 aliphatic carbocycles. The monoisotopic (exact) mass is 597 g/mol. The van der Waals surface area contributed by atoms with Crippen LogP contribution in [0.1, 0.15) is 32.6 Å². The number of carbonyl (C=O) groups excluding carboxylic acids is 1. The van der Waals surface area contributed by atoms with Gasteiger partial charge < -0.3 is 14.0 Å². The molecule has 2 heterocycles. The maximum atomic E-state index is 12.4. The number of hydrogen-bond acceptors (Lipinski definition) is 11. The van der Waals surface area contributed by atoms with E-state index in [0.29, 0.717) is 6.42 Å². The predicted molar refractivity (Wildman–Crippen MR) is 119 cm³/mol. The highest BCUT2D eigenvalue weighted by molar-refractivity contribution is 7.53. The van der Waals surface area contributed by atoms with E-state index < -0.39 is 45.6 Å². The normalized spacial score (nSPS) is 12.7. The van der Waals surface area contributed by atoms with E-state index in [9.17, 15) is 35.7 Å². The van der Waals surface area contributed by atoms with Crippen LogP contribution in [0.15, 0.2) is 12.7 Å². The number of unbranched alkanes of at least 4 members (excludes halogenated alkanes) is 3. The van der Waals surface area contributed by atoms with Crippen LogP contribution in [0, 0.1) is 0 Å². The van der Waals surface area contributed by atoms with Crippen molar-refractivity contribution in [2.75, 3.05) is 38.1 Å². The Kier molecular flexibility index (Phi) is 12.8. The molecule has 39 heavy (non-hydrogen) atoms. The van der Waals surface area contributed by atoms with Crippen molar-refractivity contribution in [3.63, 3.8) is 0 Å². The maximum Gasteiger partial charge on any atom is 0.414 e. The fourth-order valence-electron chi connectivity index (χ4n) is 2.70. The van der Waals surface area contributed by atoms with Crippen LogP contribution < -0.4 is 5.32 Å². The Morgan fingerprint density at radius 2 is 1.64 bits per heavy atom. The van der Waals surface area contributed by atoms with Crippen LogP contribution in [-0.2, 0) is 39.7 Å². The molecule has 0 saturated heterocycles. The van der Waals surface area contributed by atoms with Crippen molar-refractivity contribution in [2.24, 2.45) is 0 Å². The molecule has 0 saturated carbocycles. The van der Waals surface area contributed by atoms with Gasteiger partial charge in [0.05, 0.1) is 19.5 Å². The van der Waals surface area contributed by atoms with Crippen molar-refractivity contribution in [3.8, 4) is 0 Å². The Hall–Kier alpha value is -2.57. The molecule has 0 radical (unpaired) electrons. The van der Waals surface area contributed by atoms with E-state index in [1.54, 1.807) is 0 Å². The summed E-state index contributed by atoms with van der Waals surface area (Å²) in [4.78, 5) is 31.6. The Bertz CT molecular complexity index is 1060. The molecule has 20 heteroatoms. The third-order valence-electron chi connectivity index (χ3n) is 4.36. The van der Waals surface area contributed by atoms with Gasteiger partial charge in [0.2, 0.25) is 0 Å². The average molecular weight is 597 g/mol. The minimum atomic E-state index is -4.89. The number of imidazole rings is 1. The van der Waals surface area contributed by atoms with Gasteiger partial charge in [0.25, 0.3) is 0 Å². The molecule has 13 nitrogen and oxygen atoms in total. The first-order chi connectivity index (χ1) is 18.3. The van der Waals surface area contributed by atoms with Crippen LogP contribution in [0.2, 0.25) is 0 Å². The first kappa shape index (κ1) is 32.6. The molecule has 1 N–H and O–H groups in total. The molecule has 0 fully saturated rings. The summed E-state index contributed by atoms with van der Waals surface area (Å²) in [5.41, 5.74) is 0.434. The van der Waals surface area contributed by atoms with Gasteiger partial charge in [-0.25, -0.2) is 29.5 Å². The van der Waals surface area contributed by atoms with E-state index in [4.69, 9.17) is 9.47 Å². The molecule has 0 bridgehead atoms. The number of alkyl halides is 6. The van der Waals surface area contributed by atoms with Gasteiger partial charge in [0.15, 0.2) is 36.5 Å². The van der Waals surface area contributed by atoms with E-state index >= 15 is 0 Å². The largest absolute Gasteiger partial charge is 0.449 e. The number of amides is 1. The Morgan fingerprint density at radius 1 is 0.974 bits per heavy atom. The van der Waals surface area contributed by atoms with E-state index in [2.05, 4.69) is 46.3 Å². The third-order valence-corrected chi connectivity index (χ3v) is 5.52. The molecule has 0 spiro atoms. The van der Waals surface area contributed by atoms with Crippen molar-refractivity contribution >= 4 is 30.7 Å². The van der Waals surface area contributed by atoms with E-state index in [0.717, 1.165) is 25.6 Å². The lowest BCUT2D eigenvalue weighted by atomic mass is 10.2. The van der Waals surface area contributed by atoms with Gasteiger partial charge in [-0.3, -0.25) is 9.88 Å². The van der Waals surface area contributed by atoms with Crippen LogP contribution in [0.25, 0.3) is 11.2 Å². The quantitative estimate of drug-likeness (QED) is 0.0850. The second kappa shape index (κ2) is 15.3. The van der Waals surface area contributed by atoms with Crippen LogP contribution in [0.5, 0.6) is 0 Å². The van der Waals surface area contributed by atoms with E-state index in [1.807, 2.05) is 0 Å². The van der Waals surface area contributed by atoms with Gasteiger partial charge in [0.1, 0.15) is 6.33 Å². The number of rotatable bonds is 17. The van der Waals surface area contributed by atoms with Crippen molar-refractivity contribution in [1.82, 2.24) is 19.5 Å². The second-order valence-corrected chi connectivity index (χ2v) is 9.48. The maximum absolute atomic E-state index is 12.4. The average Bonchev–Trinajstić information content (AvgIpc) is 3.24. The van der Waals surface area contributed by atoms with Crippen LogP contribution in [0.4, 0.5) is 37.0 Å². The van der Waals surface area contributed by atoms with E-state index in [1.165, 1.54) is 10.9 Å². The molecule has 222 valence electrons. The number of nitrogens with zero attached hydrogens (tertiary/aromatic N) is 4. The molecular weight excluding hydrogens is 571 g/mol. The van der Waals surface area contributed by atoms with Gasteiger partial charge in [-0.2, -0.15) is 26.3 Å². The van der Waals surface area contributed by atoms with E-state index in [-0.39, 0.29) is 36.7 Å². The van der Waals surface area contributed by atoms with Crippen molar-refractivity contribution in [2.45, 2.75) is 51.5 Å². The van der Waals surface area contributed by atoms with Gasteiger partial charge in [-0.05, 0) is 6.42 Å². The first-order valence-electron chi connectivity index (χ1n) is 11.3. The molecule has 2 rings (SSSR count). The smallest absolute Gasteiger partial charge is 0.414 e. The lowest BCUT2D eigenvalue weighted by Gasteiger charge is -2.17. The fraction of sp³-hybridized carbons (Fsp3) is 0.684. The lowest BCUT2D eigenvalue weighted by molar-refractivity contribution is -0.322. The Morgan fingerprint density at radius 3 is 2.26 bits per heavy atom. The third kappa shape index (κ3) is 12.9. The molecule has 2 aromatic heterocycles. The van der Waals surface area contributed by atoms with Crippen LogP contribution in [0.3, 0.4) is 0 Å². The number of anilines is 1. The Balaban J connectivity index is 1.91. The standard InChI is InChI=1S/C19H26F6N5O8P/c1-2-3-4-5-7-34-17(31)29-15-14-16(27-11-26-15)30(12-28-14)6-8-33-13-39(32,37-35-9-18(20,21)22)38-36-10-19(23,24)25/h11-12H,2-10,13H2,1H3,(H,26,27,29,31). The lowest BCUT2D eigenvalue weighted by Crippen LogP contribution is -2.19. The molecule has 1 amide bonds. The molecule has 0 aromatic carbocycles. The van der Waals surface area contributed by atoms with Gasteiger partial charge in [-0.15, -0.1) is 9.35 Å². The fourth-order valence-corrected chi connectivity index (χ4v) is 3.59. The summed E-state index contributed by atoms with van der Waals surface area (Å²) >= 11 is 0. The number of hydrogen-bond donors (Lipinski definition) is 1. The van der Waals surface area contributed by atoms with Crippen LogP contribution in [-0.4, -0.2) is 70.7 Å². The minimum Gasteiger partial charge on any atom is -0.449 e. The number of ether oxygens (including phenoxy) is 2. The highest BCUT2D eigenvalue weighted by Gasteiger charge is 2.36. The number of carbonyl (C=O) groups is 1. The minimum absolute atomic E-state index is 0.0400. The first-order valence-corrected chi connectivity index (χ1v) is 13.1. The second-order valence-electron chi connectivity index (χ2n) is 7.71. The summed E-state index contributed by atoms with van der Waals surface area (Å²) < 4.78 is 105. The van der Waals surface area contributed by atoms with Gasteiger partial charge >= 0.3 is 26.0 Å². The summed E-state index contributed by atoms with van der Waals surface area (Å²) in [6, 6.07) is 0. The SMILES string of the molecule is CCCCCCOC(=O)Nc1ncnc2c1ncn2CCOCP(=O)(OOCC(F)(F)F)OOCC(F)(F)F.